The van der Waals surface area contributed by atoms with Crippen LogP contribution in [0.1, 0.15) is 11.1 Å². The second kappa shape index (κ2) is 6.64. The maximum absolute atomic E-state index is 12.2. The van der Waals surface area contributed by atoms with Crippen molar-refractivity contribution in [1.29, 1.82) is 0 Å². The van der Waals surface area contributed by atoms with E-state index >= 15 is 0 Å². The second-order valence-corrected chi connectivity index (χ2v) is 5.90. The third-order valence-corrected chi connectivity index (χ3v) is 4.32. The van der Waals surface area contributed by atoms with Crippen molar-refractivity contribution in [2.45, 2.75) is 5.54 Å². The Morgan fingerprint density at radius 3 is 1.88 bits per heavy atom. The Hall–Kier alpha value is -3.14. The summed E-state index contributed by atoms with van der Waals surface area (Å²) in [6.07, 6.45) is 0. The Balaban J connectivity index is 2.81. The molecule has 0 saturated heterocycles. The quantitative estimate of drug-likeness (QED) is 0.265. The molecule has 10 nitrogen and oxygen atoms in total. The fourth-order valence-electron chi connectivity index (χ4n) is 3.50. The maximum atomic E-state index is 12.2. The van der Waals surface area contributed by atoms with Gasteiger partial charge < -0.3 is 20.4 Å². The van der Waals surface area contributed by atoms with Gasteiger partial charge in [-0.3, -0.25) is 4.48 Å². The first-order valence-corrected chi connectivity index (χ1v) is 7.50. The summed E-state index contributed by atoms with van der Waals surface area (Å²) in [4.78, 5) is 50.1. The molecule has 1 aromatic rings. The smallest absolute Gasteiger partial charge is 0.375 e. The van der Waals surface area contributed by atoms with Crippen molar-refractivity contribution in [2.24, 2.45) is 4.99 Å². The molecule has 0 bridgehead atoms. The number of aliphatic imine (C=N–C) groups is 1. The van der Waals surface area contributed by atoms with Crippen LogP contribution in [-0.2, 0) is 24.7 Å². The number of carbonyl (C=O) groups is 4. The Morgan fingerprint density at radius 2 is 1.50 bits per heavy atom. The van der Waals surface area contributed by atoms with Gasteiger partial charge in [0.15, 0.2) is 19.6 Å². The number of nitrogens with zero attached hydrogens (tertiary/aromatic N) is 2. The highest BCUT2D eigenvalue weighted by molar-refractivity contribution is 7.78. The fraction of sp³-hybridized carbons (Fsp3) is 0.267. The van der Waals surface area contributed by atoms with Crippen molar-refractivity contribution < 1.29 is 44.1 Å². The van der Waals surface area contributed by atoms with E-state index in [0.717, 1.165) is 0 Å². The van der Waals surface area contributed by atoms with Crippen LogP contribution < -0.4 is 0 Å². The Bertz CT molecular complexity index is 836. The number of rotatable bonds is 9. The first kappa shape index (κ1) is 19.2. The Labute approximate surface area is 151 Å². The summed E-state index contributed by atoms with van der Waals surface area (Å²) < 4.78 is -1.26. The number of hydrogen-bond acceptors (Lipinski definition) is 6. The van der Waals surface area contributed by atoms with E-state index in [-0.39, 0.29) is 16.8 Å². The van der Waals surface area contributed by atoms with Crippen LogP contribution in [0.3, 0.4) is 0 Å². The molecular formula is C15H13N2O8S+. The summed E-state index contributed by atoms with van der Waals surface area (Å²) in [6, 6.07) is 4.20. The Kier molecular flexibility index (Phi) is 4.90. The molecule has 1 aliphatic rings. The minimum absolute atomic E-state index is 0.0357. The zero-order valence-corrected chi connectivity index (χ0v) is 13.9. The molecule has 0 heterocycles. The summed E-state index contributed by atoms with van der Waals surface area (Å²) in [5, 5.41) is 39.7. The van der Waals surface area contributed by atoms with Crippen LogP contribution in [0.25, 0.3) is 0 Å². The van der Waals surface area contributed by atoms with E-state index in [2.05, 4.69) is 22.4 Å². The van der Waals surface area contributed by atoms with Crippen LogP contribution in [0.5, 0.6) is 0 Å². The lowest BCUT2D eigenvalue weighted by Gasteiger charge is -2.40. The van der Waals surface area contributed by atoms with Gasteiger partial charge >= 0.3 is 23.9 Å². The van der Waals surface area contributed by atoms with E-state index in [1.807, 2.05) is 0 Å². The van der Waals surface area contributed by atoms with Crippen LogP contribution in [-0.4, -0.2) is 73.6 Å². The second-order valence-electron chi connectivity index (χ2n) is 5.72. The Morgan fingerprint density at radius 1 is 1.00 bits per heavy atom. The predicted molar refractivity (Wildman–Crippen MR) is 87.3 cm³/mol. The van der Waals surface area contributed by atoms with Crippen molar-refractivity contribution >= 4 is 46.9 Å². The molecule has 0 amide bonds. The molecule has 26 heavy (non-hydrogen) atoms. The van der Waals surface area contributed by atoms with Gasteiger partial charge in [-0.1, -0.05) is 12.1 Å². The molecule has 0 aliphatic heterocycles. The average molecular weight is 381 g/mol. The van der Waals surface area contributed by atoms with Gasteiger partial charge in [0.1, 0.15) is 0 Å². The molecule has 0 aromatic heterocycles. The van der Waals surface area contributed by atoms with E-state index in [4.69, 9.17) is 0 Å². The third kappa shape index (κ3) is 2.84. The van der Waals surface area contributed by atoms with Gasteiger partial charge in [-0.15, -0.1) is 0 Å². The number of fused-ring (bicyclic) bond motifs is 1. The van der Waals surface area contributed by atoms with Crippen molar-refractivity contribution in [1.82, 2.24) is 0 Å². The molecule has 0 spiro atoms. The molecular weight excluding hydrogens is 368 g/mol. The maximum Gasteiger partial charge on any atom is 0.375 e. The summed E-state index contributed by atoms with van der Waals surface area (Å²) >= 11 is 4.51. The van der Waals surface area contributed by atoms with E-state index < -0.39 is 53.5 Å². The minimum Gasteiger partial charge on any atom is -0.477 e. The standard InChI is InChI=1S/C15H12N2O8S/c18-10(19)4-17(5-11(20)21,6-12(22)23)15(14(24)25)8-2-1-3-9(13(8)15)16-7-26/h1-3H,4-6H2,(H3-,18,19,20,21,22,23,24,25)/p+1. The highest BCUT2D eigenvalue weighted by Crippen LogP contribution is 2.60. The monoisotopic (exact) mass is 381 g/mol. The summed E-state index contributed by atoms with van der Waals surface area (Å²) in [6.45, 7) is -3.08. The molecule has 1 unspecified atom stereocenters. The molecule has 4 N–H and O–H groups in total. The van der Waals surface area contributed by atoms with E-state index in [1.54, 1.807) is 0 Å². The lowest BCUT2D eigenvalue weighted by Crippen LogP contribution is -2.65. The first-order chi connectivity index (χ1) is 12.1. The van der Waals surface area contributed by atoms with Crippen molar-refractivity contribution in [3.8, 4) is 0 Å². The van der Waals surface area contributed by atoms with Crippen molar-refractivity contribution in [2.75, 3.05) is 19.6 Å². The van der Waals surface area contributed by atoms with Gasteiger partial charge in [0.2, 0.25) is 0 Å². The molecule has 0 saturated carbocycles. The third-order valence-electron chi connectivity index (χ3n) is 4.23. The molecule has 136 valence electrons. The molecule has 1 aliphatic carbocycles. The molecule has 1 aromatic carbocycles. The van der Waals surface area contributed by atoms with Crippen molar-refractivity contribution in [3.63, 3.8) is 0 Å². The summed E-state index contributed by atoms with van der Waals surface area (Å²) in [5.41, 5.74) is -1.96. The van der Waals surface area contributed by atoms with Crippen LogP contribution in [0, 0.1) is 0 Å². The number of quaternary nitrogens is 1. The molecule has 2 rings (SSSR count). The SMILES string of the molecule is O=C(O)C[N+](CC(=O)O)(CC(=O)O)C1(C(=O)O)c2cccc(N=C=S)c21. The summed E-state index contributed by atoms with van der Waals surface area (Å²) in [7, 11) is 0. The van der Waals surface area contributed by atoms with Gasteiger partial charge in [0, 0.05) is 5.56 Å². The van der Waals surface area contributed by atoms with Gasteiger partial charge in [0.05, 0.1) is 16.4 Å². The molecule has 11 heteroatoms. The first-order valence-electron chi connectivity index (χ1n) is 7.09. The van der Waals surface area contributed by atoms with Crippen molar-refractivity contribution in [3.05, 3.63) is 29.3 Å². The van der Waals surface area contributed by atoms with Gasteiger partial charge in [0.25, 0.3) is 5.54 Å². The largest absolute Gasteiger partial charge is 0.477 e. The highest BCUT2D eigenvalue weighted by atomic mass is 32.1. The van der Waals surface area contributed by atoms with Crippen LogP contribution in [0.4, 0.5) is 5.69 Å². The van der Waals surface area contributed by atoms with Crippen LogP contribution in [0.15, 0.2) is 23.2 Å². The number of thiocarbonyl (C=S) groups is 1. The molecule has 0 radical (unpaired) electrons. The zero-order chi connectivity index (χ0) is 19.7. The fourth-order valence-corrected chi connectivity index (χ4v) is 3.59. The van der Waals surface area contributed by atoms with Gasteiger partial charge in [-0.2, -0.15) is 4.99 Å². The van der Waals surface area contributed by atoms with Crippen LogP contribution >= 0.6 is 12.2 Å². The zero-order valence-electron chi connectivity index (χ0n) is 13.1. The van der Waals surface area contributed by atoms with E-state index in [0.29, 0.717) is 0 Å². The van der Waals surface area contributed by atoms with Gasteiger partial charge in [-0.25, -0.2) is 19.2 Å². The molecule has 0 fully saturated rings. The average Bonchev–Trinajstić information content (AvgIpc) is 3.17. The van der Waals surface area contributed by atoms with Crippen LogP contribution in [0.2, 0.25) is 0 Å². The normalized spacial score (nSPS) is 17.5. The number of isothiocyanates is 1. The highest BCUT2D eigenvalue weighted by Gasteiger charge is 2.74. The minimum atomic E-state index is -2.16. The molecule has 1 atom stereocenters. The number of hydrogen-bond donors (Lipinski definition) is 4. The lowest BCUT2D eigenvalue weighted by atomic mass is 10.0. The lowest BCUT2D eigenvalue weighted by molar-refractivity contribution is -0.941. The van der Waals surface area contributed by atoms with E-state index in [9.17, 15) is 39.6 Å². The number of carboxylic acids is 4. The topological polar surface area (TPSA) is 162 Å². The van der Waals surface area contributed by atoms with Gasteiger partial charge in [-0.05, 0) is 18.3 Å². The number of carboxylic acid groups (broad SMARTS) is 4. The van der Waals surface area contributed by atoms with E-state index in [1.165, 1.54) is 18.2 Å². The number of aliphatic carboxylic acids is 4. The number of benzene rings is 1. The summed E-state index contributed by atoms with van der Waals surface area (Å²) in [5.74, 6) is -6.18. The predicted octanol–water partition coefficient (Wildman–Crippen LogP) is 0.133.